The molecule has 4 heteroatoms. The summed E-state index contributed by atoms with van der Waals surface area (Å²) in [6.45, 7) is 9.68. The van der Waals surface area contributed by atoms with Crippen LogP contribution in [-0.2, 0) is 0 Å². The number of aromatic nitrogens is 2. The van der Waals surface area contributed by atoms with Crippen molar-refractivity contribution in [2.45, 2.75) is 52.9 Å². The third-order valence-electron chi connectivity index (χ3n) is 4.01. The Kier molecular flexibility index (Phi) is 5.62. The van der Waals surface area contributed by atoms with Gasteiger partial charge in [-0.25, -0.2) is 4.98 Å². The number of piperidine rings is 1. The van der Waals surface area contributed by atoms with Crippen LogP contribution in [0.15, 0.2) is 6.07 Å². The Hall–Kier alpha value is -1.32. The maximum atomic E-state index is 4.67. The van der Waals surface area contributed by atoms with Gasteiger partial charge in [-0.2, -0.15) is 4.98 Å². The van der Waals surface area contributed by atoms with Crippen LogP contribution in [0.25, 0.3) is 0 Å². The maximum Gasteiger partial charge on any atom is 0.224 e. The summed E-state index contributed by atoms with van der Waals surface area (Å²) in [5, 5.41) is 3.29. The van der Waals surface area contributed by atoms with Crippen LogP contribution in [0.3, 0.4) is 0 Å². The fourth-order valence-electron chi connectivity index (χ4n) is 2.89. The van der Waals surface area contributed by atoms with Crippen LogP contribution >= 0.6 is 0 Å². The van der Waals surface area contributed by atoms with Gasteiger partial charge in [-0.15, -0.1) is 0 Å². The third kappa shape index (κ3) is 4.09. The Morgan fingerprint density at radius 2 is 1.95 bits per heavy atom. The molecule has 0 atom stereocenters. The molecule has 1 aliphatic heterocycles. The number of aryl methyl sites for hydroxylation is 1. The van der Waals surface area contributed by atoms with Crippen LogP contribution in [0.1, 0.15) is 51.6 Å². The summed E-state index contributed by atoms with van der Waals surface area (Å²) in [6, 6.07) is 2.11. The Labute approximate surface area is 123 Å². The van der Waals surface area contributed by atoms with Crippen molar-refractivity contribution in [1.82, 2.24) is 9.97 Å². The van der Waals surface area contributed by atoms with Gasteiger partial charge in [0.15, 0.2) is 0 Å². The van der Waals surface area contributed by atoms with Gasteiger partial charge in [0.1, 0.15) is 5.82 Å². The minimum atomic E-state index is 0.775. The highest BCUT2D eigenvalue weighted by molar-refractivity contribution is 5.45. The third-order valence-corrected chi connectivity index (χ3v) is 4.01. The monoisotopic (exact) mass is 276 g/mol. The number of anilines is 2. The molecule has 4 nitrogen and oxygen atoms in total. The number of hydrogen-bond acceptors (Lipinski definition) is 4. The van der Waals surface area contributed by atoms with E-state index in [1.165, 1.54) is 25.7 Å². The van der Waals surface area contributed by atoms with E-state index in [1.54, 1.807) is 0 Å². The molecule has 0 aromatic carbocycles. The zero-order valence-electron chi connectivity index (χ0n) is 13.2. The van der Waals surface area contributed by atoms with Crippen LogP contribution < -0.4 is 10.2 Å². The van der Waals surface area contributed by atoms with Crippen LogP contribution in [0, 0.1) is 12.8 Å². The van der Waals surface area contributed by atoms with Crippen LogP contribution in [0.5, 0.6) is 0 Å². The Bertz CT molecular complexity index is 411. The lowest BCUT2D eigenvalue weighted by atomic mass is 9.92. The first-order valence-corrected chi connectivity index (χ1v) is 8.07. The Morgan fingerprint density at radius 1 is 1.20 bits per heavy atom. The molecule has 1 aromatic rings. The molecule has 0 radical (unpaired) electrons. The number of nitrogens with zero attached hydrogens (tertiary/aromatic N) is 3. The smallest absolute Gasteiger partial charge is 0.224 e. The largest absolute Gasteiger partial charge is 0.356 e. The van der Waals surface area contributed by atoms with E-state index in [0.717, 1.165) is 49.4 Å². The summed E-state index contributed by atoms with van der Waals surface area (Å²) in [5.74, 6) is 2.78. The summed E-state index contributed by atoms with van der Waals surface area (Å²) in [4.78, 5) is 11.5. The second kappa shape index (κ2) is 7.46. The highest BCUT2D eigenvalue weighted by atomic mass is 15.2. The molecule has 0 unspecified atom stereocenters. The first-order chi connectivity index (χ1) is 9.72. The van der Waals surface area contributed by atoms with Gasteiger partial charge in [0.05, 0.1) is 0 Å². The van der Waals surface area contributed by atoms with Gasteiger partial charge < -0.3 is 10.2 Å². The summed E-state index contributed by atoms with van der Waals surface area (Å²) < 4.78 is 0. The maximum absolute atomic E-state index is 4.67. The zero-order chi connectivity index (χ0) is 14.4. The van der Waals surface area contributed by atoms with Crippen molar-refractivity contribution in [2.75, 3.05) is 29.9 Å². The quantitative estimate of drug-likeness (QED) is 0.861. The standard InChI is InChI=1S/C16H28N4/c1-4-6-14-7-10-20(11-8-14)15-12-13(3)18-16(19-15)17-9-5-2/h12,14H,4-11H2,1-3H3,(H,17,18,19). The van der Waals surface area contributed by atoms with Gasteiger partial charge in [0, 0.05) is 31.4 Å². The van der Waals surface area contributed by atoms with Gasteiger partial charge in [-0.1, -0.05) is 26.7 Å². The van der Waals surface area contributed by atoms with E-state index in [1.807, 2.05) is 6.92 Å². The molecule has 1 aromatic heterocycles. The summed E-state index contributed by atoms with van der Waals surface area (Å²) in [7, 11) is 0. The normalized spacial score (nSPS) is 16.4. The van der Waals surface area contributed by atoms with Gasteiger partial charge in [0.2, 0.25) is 5.95 Å². The van der Waals surface area contributed by atoms with Crippen molar-refractivity contribution < 1.29 is 0 Å². The Balaban J connectivity index is 2.00. The number of rotatable bonds is 6. The van der Waals surface area contributed by atoms with Crippen molar-refractivity contribution in [2.24, 2.45) is 5.92 Å². The highest BCUT2D eigenvalue weighted by Gasteiger charge is 2.20. The predicted molar refractivity (Wildman–Crippen MR) is 85.4 cm³/mol. The molecule has 20 heavy (non-hydrogen) atoms. The molecule has 2 rings (SSSR count). The molecule has 1 aliphatic rings. The molecule has 112 valence electrons. The van der Waals surface area contributed by atoms with Gasteiger partial charge in [-0.3, -0.25) is 0 Å². The van der Waals surface area contributed by atoms with E-state index in [4.69, 9.17) is 0 Å². The van der Waals surface area contributed by atoms with Crippen LogP contribution in [0.2, 0.25) is 0 Å². The average Bonchev–Trinajstić information content (AvgIpc) is 2.46. The highest BCUT2D eigenvalue weighted by Crippen LogP contribution is 2.25. The first kappa shape index (κ1) is 15.1. The van der Waals surface area contributed by atoms with Crippen LogP contribution in [-0.4, -0.2) is 29.6 Å². The molecule has 1 N–H and O–H groups in total. The van der Waals surface area contributed by atoms with E-state index < -0.39 is 0 Å². The molecular formula is C16H28N4. The molecule has 1 fully saturated rings. The van der Waals surface area contributed by atoms with Gasteiger partial charge in [0.25, 0.3) is 0 Å². The lowest BCUT2D eigenvalue weighted by Gasteiger charge is -2.33. The van der Waals surface area contributed by atoms with Crippen LogP contribution in [0.4, 0.5) is 11.8 Å². The molecule has 0 aliphatic carbocycles. The molecule has 0 saturated carbocycles. The van der Waals surface area contributed by atoms with E-state index in [0.29, 0.717) is 0 Å². The molecular weight excluding hydrogens is 248 g/mol. The van der Waals surface area contributed by atoms with E-state index >= 15 is 0 Å². The average molecular weight is 276 g/mol. The van der Waals surface area contributed by atoms with E-state index in [9.17, 15) is 0 Å². The first-order valence-electron chi connectivity index (χ1n) is 8.07. The lowest BCUT2D eigenvalue weighted by Crippen LogP contribution is -2.34. The summed E-state index contributed by atoms with van der Waals surface area (Å²) in [5.41, 5.74) is 1.05. The fraction of sp³-hybridized carbons (Fsp3) is 0.750. The van der Waals surface area contributed by atoms with Crippen molar-refractivity contribution in [3.05, 3.63) is 11.8 Å². The fourth-order valence-corrected chi connectivity index (χ4v) is 2.89. The minimum Gasteiger partial charge on any atom is -0.356 e. The molecule has 0 bridgehead atoms. The van der Waals surface area contributed by atoms with Crippen molar-refractivity contribution in [3.8, 4) is 0 Å². The minimum absolute atomic E-state index is 0.775. The topological polar surface area (TPSA) is 41.1 Å². The Morgan fingerprint density at radius 3 is 2.60 bits per heavy atom. The number of nitrogens with one attached hydrogen (secondary N) is 1. The molecule has 2 heterocycles. The van der Waals surface area contributed by atoms with Crippen molar-refractivity contribution in [1.29, 1.82) is 0 Å². The molecule has 0 amide bonds. The lowest BCUT2D eigenvalue weighted by molar-refractivity contribution is 0.377. The van der Waals surface area contributed by atoms with E-state index in [-0.39, 0.29) is 0 Å². The second-order valence-corrected chi connectivity index (χ2v) is 5.84. The van der Waals surface area contributed by atoms with Crippen molar-refractivity contribution in [3.63, 3.8) is 0 Å². The van der Waals surface area contributed by atoms with Crippen molar-refractivity contribution >= 4 is 11.8 Å². The SMILES string of the molecule is CCCNc1nc(C)cc(N2CCC(CCC)CC2)n1. The second-order valence-electron chi connectivity index (χ2n) is 5.84. The van der Waals surface area contributed by atoms with Gasteiger partial charge in [-0.05, 0) is 32.1 Å². The summed E-state index contributed by atoms with van der Waals surface area (Å²) >= 11 is 0. The molecule has 1 saturated heterocycles. The summed E-state index contributed by atoms with van der Waals surface area (Å²) in [6.07, 6.45) is 6.38. The van der Waals surface area contributed by atoms with E-state index in [2.05, 4.69) is 40.1 Å². The number of hydrogen-bond donors (Lipinski definition) is 1. The molecule has 0 spiro atoms. The predicted octanol–water partition coefficient (Wildman–Crippen LogP) is 3.62. The zero-order valence-corrected chi connectivity index (χ0v) is 13.2. The van der Waals surface area contributed by atoms with Gasteiger partial charge >= 0.3 is 0 Å².